The van der Waals surface area contributed by atoms with Gasteiger partial charge in [-0.25, -0.2) is 0 Å². The normalized spacial score (nSPS) is 11.2. The maximum absolute atomic E-state index is 5.26. The number of guanidine groups is 1. The minimum Gasteiger partial charge on any atom is -0.359 e. The third-order valence-electron chi connectivity index (χ3n) is 2.99. The van der Waals surface area contributed by atoms with Gasteiger partial charge in [0.05, 0.1) is 22.6 Å². The molecule has 0 saturated carbocycles. The van der Waals surface area contributed by atoms with Gasteiger partial charge in [0.1, 0.15) is 0 Å². The Morgan fingerprint density at radius 1 is 1.50 bits per heavy atom. The van der Waals surface area contributed by atoms with E-state index >= 15 is 0 Å². The zero-order valence-electron chi connectivity index (χ0n) is 12.8. The molecule has 0 amide bonds. The first kappa shape index (κ1) is 19.4. The maximum Gasteiger partial charge on any atom is 0.194 e. The number of halogens is 2. The van der Waals surface area contributed by atoms with Crippen molar-refractivity contribution in [1.29, 1.82) is 0 Å². The summed E-state index contributed by atoms with van der Waals surface area (Å²) in [5, 5.41) is 7.27. The van der Waals surface area contributed by atoms with Crippen LogP contribution < -0.4 is 5.32 Å². The van der Waals surface area contributed by atoms with Crippen LogP contribution in [0.15, 0.2) is 31.5 Å². The van der Waals surface area contributed by atoms with Crippen molar-refractivity contribution in [2.75, 3.05) is 14.1 Å². The summed E-state index contributed by atoms with van der Waals surface area (Å²) < 4.78 is 6.40. The molecule has 0 unspecified atom stereocenters. The Bertz CT molecular complexity index is 614. The largest absolute Gasteiger partial charge is 0.359 e. The monoisotopic (exact) mass is 498 g/mol. The maximum atomic E-state index is 5.26. The van der Waals surface area contributed by atoms with Gasteiger partial charge in [-0.15, -0.1) is 35.3 Å². The van der Waals surface area contributed by atoms with Crippen molar-refractivity contribution < 1.29 is 4.52 Å². The highest BCUT2D eigenvalue weighted by molar-refractivity contribution is 14.0. The Labute approximate surface area is 160 Å². The number of thiophene rings is 1. The first-order valence-corrected chi connectivity index (χ1v) is 8.33. The van der Waals surface area contributed by atoms with E-state index in [-0.39, 0.29) is 24.0 Å². The standard InChI is InChI=1S/C14H19BrN4OS.HI/c1-4-10-7-11(20-18-10)8-17-14(16-2)19(3)9-12-5-6-13(15)21-12;/h5-7H,4,8-9H2,1-3H3,(H,16,17);1H. The summed E-state index contributed by atoms with van der Waals surface area (Å²) in [5.41, 5.74) is 0.971. The highest BCUT2D eigenvalue weighted by atomic mass is 127. The molecular formula is C14H20BrIN4OS. The Kier molecular flexibility index (Phi) is 8.40. The first-order valence-electron chi connectivity index (χ1n) is 6.72. The third-order valence-corrected chi connectivity index (χ3v) is 4.59. The molecule has 122 valence electrons. The lowest BCUT2D eigenvalue weighted by Gasteiger charge is -2.20. The van der Waals surface area contributed by atoms with E-state index in [9.17, 15) is 0 Å². The van der Waals surface area contributed by atoms with Gasteiger partial charge in [0.25, 0.3) is 0 Å². The molecular weight excluding hydrogens is 479 g/mol. The predicted octanol–water partition coefficient (Wildman–Crippen LogP) is 3.89. The SMILES string of the molecule is CCc1cc(CNC(=NC)N(C)Cc2ccc(Br)s2)on1.I. The summed E-state index contributed by atoms with van der Waals surface area (Å²) in [6.45, 7) is 3.45. The number of nitrogens with zero attached hydrogens (tertiary/aromatic N) is 3. The van der Waals surface area contributed by atoms with E-state index in [4.69, 9.17) is 4.52 Å². The Hall–Kier alpha value is -0.610. The summed E-state index contributed by atoms with van der Waals surface area (Å²) in [4.78, 5) is 7.65. The Morgan fingerprint density at radius 3 is 2.82 bits per heavy atom. The van der Waals surface area contributed by atoms with Crippen LogP contribution in [-0.2, 0) is 19.5 Å². The molecule has 0 aliphatic carbocycles. The minimum absolute atomic E-state index is 0. The molecule has 2 aromatic rings. The van der Waals surface area contributed by atoms with Gasteiger partial charge in [0, 0.05) is 25.0 Å². The minimum atomic E-state index is 0. The average molecular weight is 499 g/mol. The van der Waals surface area contributed by atoms with Gasteiger partial charge in [-0.05, 0) is 34.5 Å². The summed E-state index contributed by atoms with van der Waals surface area (Å²) in [6.07, 6.45) is 0.880. The van der Waals surface area contributed by atoms with E-state index in [1.807, 2.05) is 13.1 Å². The molecule has 22 heavy (non-hydrogen) atoms. The lowest BCUT2D eigenvalue weighted by atomic mass is 10.3. The number of aromatic nitrogens is 1. The van der Waals surface area contributed by atoms with Gasteiger partial charge in [0.2, 0.25) is 0 Å². The molecule has 8 heteroatoms. The number of rotatable bonds is 5. The zero-order chi connectivity index (χ0) is 15.2. The molecule has 5 nitrogen and oxygen atoms in total. The van der Waals surface area contributed by atoms with Crippen molar-refractivity contribution in [3.63, 3.8) is 0 Å². The first-order chi connectivity index (χ1) is 10.1. The van der Waals surface area contributed by atoms with Crippen molar-refractivity contribution in [2.45, 2.75) is 26.4 Å². The highest BCUT2D eigenvalue weighted by Crippen LogP contribution is 2.22. The molecule has 2 rings (SSSR count). The quantitative estimate of drug-likeness (QED) is 0.386. The zero-order valence-corrected chi connectivity index (χ0v) is 17.5. The van der Waals surface area contributed by atoms with E-state index in [1.165, 1.54) is 4.88 Å². The average Bonchev–Trinajstić information content (AvgIpc) is 3.08. The molecule has 2 aromatic heterocycles. The van der Waals surface area contributed by atoms with Crippen LogP contribution >= 0.6 is 51.2 Å². The second kappa shape index (κ2) is 9.51. The van der Waals surface area contributed by atoms with Crippen LogP contribution in [-0.4, -0.2) is 30.1 Å². The molecule has 0 aromatic carbocycles. The number of nitrogens with one attached hydrogen (secondary N) is 1. The van der Waals surface area contributed by atoms with Crippen LogP contribution in [0.5, 0.6) is 0 Å². The predicted molar refractivity (Wildman–Crippen MR) is 105 cm³/mol. The molecule has 0 radical (unpaired) electrons. The molecule has 2 heterocycles. The van der Waals surface area contributed by atoms with Gasteiger partial charge in [-0.1, -0.05) is 12.1 Å². The highest BCUT2D eigenvalue weighted by Gasteiger charge is 2.09. The van der Waals surface area contributed by atoms with Crippen LogP contribution in [0.1, 0.15) is 23.3 Å². The van der Waals surface area contributed by atoms with Gasteiger partial charge in [-0.3, -0.25) is 4.99 Å². The molecule has 0 aliphatic rings. The molecule has 0 bridgehead atoms. The fraction of sp³-hybridized carbons (Fsp3) is 0.429. The summed E-state index contributed by atoms with van der Waals surface area (Å²) in [6, 6.07) is 6.14. The van der Waals surface area contributed by atoms with Crippen molar-refractivity contribution >= 4 is 57.2 Å². The number of aliphatic imine (C=N–C) groups is 1. The van der Waals surface area contributed by atoms with Crippen molar-refractivity contribution in [3.05, 3.63) is 38.3 Å². The van der Waals surface area contributed by atoms with E-state index in [0.29, 0.717) is 6.54 Å². The second-order valence-electron chi connectivity index (χ2n) is 4.60. The topological polar surface area (TPSA) is 53.7 Å². The Balaban J connectivity index is 0.00000242. The number of hydrogen-bond donors (Lipinski definition) is 1. The molecule has 1 N–H and O–H groups in total. The van der Waals surface area contributed by atoms with Gasteiger partial charge in [-0.2, -0.15) is 0 Å². The number of aryl methyl sites for hydroxylation is 1. The second-order valence-corrected chi connectivity index (χ2v) is 7.15. The van der Waals surface area contributed by atoms with Crippen LogP contribution in [0.2, 0.25) is 0 Å². The smallest absolute Gasteiger partial charge is 0.194 e. The van der Waals surface area contributed by atoms with E-state index in [1.54, 1.807) is 18.4 Å². The molecule has 0 spiro atoms. The third kappa shape index (κ3) is 5.54. The fourth-order valence-corrected chi connectivity index (χ4v) is 3.44. The summed E-state index contributed by atoms with van der Waals surface area (Å²) in [7, 11) is 3.79. The van der Waals surface area contributed by atoms with Crippen LogP contribution in [0.4, 0.5) is 0 Å². The van der Waals surface area contributed by atoms with Crippen molar-refractivity contribution in [3.8, 4) is 0 Å². The van der Waals surface area contributed by atoms with E-state index in [0.717, 1.165) is 34.2 Å². The molecule has 0 fully saturated rings. The number of hydrogen-bond acceptors (Lipinski definition) is 4. The van der Waals surface area contributed by atoms with Crippen LogP contribution in [0.3, 0.4) is 0 Å². The Morgan fingerprint density at radius 2 is 2.27 bits per heavy atom. The van der Waals surface area contributed by atoms with E-state index in [2.05, 4.69) is 55.4 Å². The van der Waals surface area contributed by atoms with Crippen molar-refractivity contribution in [1.82, 2.24) is 15.4 Å². The summed E-state index contributed by atoms with van der Waals surface area (Å²) in [5.74, 6) is 1.65. The van der Waals surface area contributed by atoms with Crippen molar-refractivity contribution in [2.24, 2.45) is 4.99 Å². The van der Waals surface area contributed by atoms with Crippen LogP contribution in [0, 0.1) is 0 Å². The van der Waals surface area contributed by atoms with E-state index < -0.39 is 0 Å². The molecule has 0 atom stereocenters. The van der Waals surface area contributed by atoms with Gasteiger partial charge < -0.3 is 14.7 Å². The summed E-state index contributed by atoms with van der Waals surface area (Å²) >= 11 is 5.21. The van der Waals surface area contributed by atoms with Gasteiger partial charge >= 0.3 is 0 Å². The van der Waals surface area contributed by atoms with Crippen LogP contribution in [0.25, 0.3) is 0 Å². The lowest BCUT2D eigenvalue weighted by Crippen LogP contribution is -2.37. The van der Waals surface area contributed by atoms with Gasteiger partial charge in [0.15, 0.2) is 11.7 Å². The lowest BCUT2D eigenvalue weighted by molar-refractivity contribution is 0.371. The fourth-order valence-electron chi connectivity index (χ4n) is 1.90. The molecule has 0 aliphatic heterocycles. The molecule has 0 saturated heterocycles.